The van der Waals surface area contributed by atoms with Crippen molar-refractivity contribution in [2.75, 3.05) is 18.9 Å². The van der Waals surface area contributed by atoms with E-state index in [0.29, 0.717) is 0 Å². The molecule has 9 heteroatoms. The first-order valence-corrected chi connectivity index (χ1v) is 5.55. The molecule has 0 spiro atoms. The fraction of sp³-hybridized carbons (Fsp3) is 0.600. The number of aliphatic hydroxyl groups excluding tert-OH is 4. The van der Waals surface area contributed by atoms with Crippen LogP contribution in [0.3, 0.4) is 0 Å². The van der Waals surface area contributed by atoms with Crippen LogP contribution in [0.25, 0.3) is 0 Å². The first kappa shape index (κ1) is 13.9. The number of nitrogens with zero attached hydrogens (tertiary/aromatic N) is 2. The molecule has 0 aliphatic carbocycles. The zero-order valence-electron chi connectivity index (χ0n) is 9.88. The Labute approximate surface area is 107 Å². The smallest absolute Gasteiger partial charge is 0.351 e. The quantitative estimate of drug-likeness (QED) is 0.386. The van der Waals surface area contributed by atoms with Gasteiger partial charge in [-0.05, 0) is 6.07 Å². The van der Waals surface area contributed by atoms with Crippen molar-refractivity contribution in [2.24, 2.45) is 0 Å². The second kappa shape index (κ2) is 4.87. The lowest BCUT2D eigenvalue weighted by Crippen LogP contribution is -2.49. The first-order chi connectivity index (χ1) is 8.95. The van der Waals surface area contributed by atoms with Gasteiger partial charge >= 0.3 is 5.69 Å². The van der Waals surface area contributed by atoms with Gasteiger partial charge in [0.2, 0.25) is 0 Å². The molecule has 1 fully saturated rings. The van der Waals surface area contributed by atoms with Crippen LogP contribution in [-0.4, -0.2) is 61.0 Å². The molecular weight excluding hydrogens is 258 g/mol. The number of rotatable bonds is 3. The van der Waals surface area contributed by atoms with Crippen LogP contribution in [0.1, 0.15) is 6.23 Å². The zero-order valence-corrected chi connectivity index (χ0v) is 9.88. The van der Waals surface area contributed by atoms with Crippen molar-refractivity contribution < 1.29 is 25.2 Å². The number of hydrogen-bond donors (Lipinski definition) is 5. The molecule has 0 bridgehead atoms. The molecule has 1 aliphatic rings. The number of aromatic nitrogens is 2. The highest BCUT2D eigenvalue weighted by atomic mass is 16.6. The monoisotopic (exact) mass is 273 g/mol. The molecule has 19 heavy (non-hydrogen) atoms. The highest BCUT2D eigenvalue weighted by molar-refractivity contribution is 5.23. The fourth-order valence-electron chi connectivity index (χ4n) is 2.00. The van der Waals surface area contributed by atoms with Crippen molar-refractivity contribution >= 4 is 5.82 Å². The maximum absolute atomic E-state index is 11.6. The molecule has 0 aromatic carbocycles. The van der Waals surface area contributed by atoms with Gasteiger partial charge in [-0.15, -0.1) is 0 Å². The molecule has 1 saturated heterocycles. The molecule has 1 aliphatic heterocycles. The predicted molar refractivity (Wildman–Crippen MR) is 61.9 cm³/mol. The summed E-state index contributed by atoms with van der Waals surface area (Å²) in [6.07, 6.45) is -3.06. The number of nitrogen functional groups attached to an aromatic ring is 1. The van der Waals surface area contributed by atoms with Crippen LogP contribution in [0.5, 0.6) is 0 Å². The number of anilines is 1. The highest BCUT2D eigenvalue weighted by Crippen LogP contribution is 2.36. The van der Waals surface area contributed by atoms with Crippen molar-refractivity contribution in [1.29, 1.82) is 0 Å². The highest BCUT2D eigenvalue weighted by Gasteiger charge is 2.54. The van der Waals surface area contributed by atoms with Crippen LogP contribution < -0.4 is 11.4 Å². The average Bonchev–Trinajstić information content (AvgIpc) is 2.64. The summed E-state index contributed by atoms with van der Waals surface area (Å²) in [7, 11) is 0. The lowest BCUT2D eigenvalue weighted by Gasteiger charge is -2.27. The van der Waals surface area contributed by atoms with E-state index in [1.165, 1.54) is 12.3 Å². The van der Waals surface area contributed by atoms with Gasteiger partial charge in [-0.2, -0.15) is 4.98 Å². The summed E-state index contributed by atoms with van der Waals surface area (Å²) in [5.41, 5.74) is 2.83. The summed E-state index contributed by atoms with van der Waals surface area (Å²) in [4.78, 5) is 15.1. The molecule has 1 aromatic heterocycles. The lowest BCUT2D eigenvalue weighted by molar-refractivity contribution is -0.150. The minimum atomic E-state index is -1.73. The number of aliphatic hydroxyl groups is 4. The van der Waals surface area contributed by atoms with Crippen LogP contribution in [0.2, 0.25) is 0 Å². The molecule has 2 heterocycles. The summed E-state index contributed by atoms with van der Waals surface area (Å²) < 4.78 is 6.19. The normalized spacial score (nSPS) is 29.6. The third kappa shape index (κ3) is 2.11. The van der Waals surface area contributed by atoms with Crippen LogP contribution in [-0.2, 0) is 4.74 Å². The Morgan fingerprint density at radius 1 is 1.42 bits per heavy atom. The van der Waals surface area contributed by atoms with Gasteiger partial charge in [0.15, 0.2) is 6.23 Å². The Balaban J connectivity index is 2.39. The lowest BCUT2D eigenvalue weighted by atomic mass is 9.97. The van der Waals surface area contributed by atoms with Crippen LogP contribution in [0.15, 0.2) is 17.1 Å². The van der Waals surface area contributed by atoms with Crippen molar-refractivity contribution in [3.8, 4) is 0 Å². The summed E-state index contributed by atoms with van der Waals surface area (Å²) in [5.74, 6) is 0.00450. The maximum Gasteiger partial charge on any atom is 0.351 e. The Kier molecular flexibility index (Phi) is 3.56. The molecule has 106 valence electrons. The van der Waals surface area contributed by atoms with Crippen LogP contribution in [0.4, 0.5) is 5.82 Å². The topological polar surface area (TPSA) is 151 Å². The molecule has 2 unspecified atom stereocenters. The summed E-state index contributed by atoms with van der Waals surface area (Å²) in [5, 5.41) is 38.1. The van der Waals surface area contributed by atoms with Crippen molar-refractivity contribution in [3.05, 3.63) is 22.7 Å². The summed E-state index contributed by atoms with van der Waals surface area (Å²) in [6.45, 7) is -1.43. The molecule has 1 aromatic rings. The first-order valence-electron chi connectivity index (χ1n) is 5.55. The van der Waals surface area contributed by atoms with Crippen LogP contribution >= 0.6 is 0 Å². The Morgan fingerprint density at radius 2 is 2.05 bits per heavy atom. The Bertz CT molecular complexity index is 514. The van der Waals surface area contributed by atoms with E-state index >= 15 is 0 Å². The van der Waals surface area contributed by atoms with E-state index in [2.05, 4.69) is 4.98 Å². The van der Waals surface area contributed by atoms with Crippen molar-refractivity contribution in [1.82, 2.24) is 9.55 Å². The standard InChI is InChI=1S/C10H15N3O6/c11-5-1-2-13(9(18)12-5)8-6(16)7(17)10(3-14,4-15)19-8/h1-2,6-8,14-17H,3-4H2,(H2,11,12,18)/t6?,7?,8-/m1/s1. The molecule has 3 atom stereocenters. The second-order valence-electron chi connectivity index (χ2n) is 4.37. The summed E-state index contributed by atoms with van der Waals surface area (Å²) in [6, 6.07) is 1.32. The van der Waals surface area contributed by atoms with Gasteiger partial charge in [0.25, 0.3) is 0 Å². The Hall–Kier alpha value is -1.52. The van der Waals surface area contributed by atoms with Crippen molar-refractivity contribution in [3.63, 3.8) is 0 Å². The maximum atomic E-state index is 11.6. The minimum absolute atomic E-state index is 0.00450. The molecule has 6 N–H and O–H groups in total. The van der Waals surface area contributed by atoms with E-state index < -0.39 is 42.9 Å². The predicted octanol–water partition coefficient (Wildman–Crippen LogP) is -3.20. The fourth-order valence-corrected chi connectivity index (χ4v) is 2.00. The van der Waals surface area contributed by atoms with Gasteiger partial charge in [0.05, 0.1) is 13.2 Å². The Morgan fingerprint density at radius 3 is 2.53 bits per heavy atom. The van der Waals surface area contributed by atoms with E-state index in [0.717, 1.165) is 4.57 Å². The van der Waals surface area contributed by atoms with E-state index in [1.54, 1.807) is 0 Å². The third-order valence-electron chi connectivity index (χ3n) is 3.17. The van der Waals surface area contributed by atoms with Gasteiger partial charge in [-0.3, -0.25) is 4.57 Å². The van der Waals surface area contributed by atoms with Gasteiger partial charge < -0.3 is 30.9 Å². The molecule has 0 radical (unpaired) electrons. The molecule has 0 saturated carbocycles. The third-order valence-corrected chi connectivity index (χ3v) is 3.17. The SMILES string of the molecule is Nc1ccn([C@@H]2OC(CO)(CO)C(O)C2O)c(=O)n1. The largest absolute Gasteiger partial charge is 0.393 e. The molecule has 0 amide bonds. The van der Waals surface area contributed by atoms with Gasteiger partial charge in [-0.25, -0.2) is 4.79 Å². The minimum Gasteiger partial charge on any atom is -0.393 e. The van der Waals surface area contributed by atoms with Gasteiger partial charge in [0, 0.05) is 6.20 Å². The van der Waals surface area contributed by atoms with Crippen molar-refractivity contribution in [2.45, 2.75) is 24.0 Å². The molecule has 2 rings (SSSR count). The number of ether oxygens (including phenoxy) is 1. The molecular formula is C10H15N3O6. The van der Waals surface area contributed by atoms with Gasteiger partial charge in [-0.1, -0.05) is 0 Å². The van der Waals surface area contributed by atoms with Gasteiger partial charge in [0.1, 0.15) is 23.6 Å². The van der Waals surface area contributed by atoms with E-state index in [4.69, 9.17) is 10.5 Å². The van der Waals surface area contributed by atoms with E-state index in [9.17, 15) is 25.2 Å². The molecule has 9 nitrogen and oxygen atoms in total. The number of hydrogen-bond acceptors (Lipinski definition) is 8. The van der Waals surface area contributed by atoms with E-state index in [1.807, 2.05) is 0 Å². The summed E-state index contributed by atoms with van der Waals surface area (Å²) >= 11 is 0. The zero-order chi connectivity index (χ0) is 14.2. The second-order valence-corrected chi connectivity index (χ2v) is 4.37. The average molecular weight is 273 g/mol. The van der Waals surface area contributed by atoms with Crippen LogP contribution in [0, 0.1) is 0 Å². The van der Waals surface area contributed by atoms with E-state index in [-0.39, 0.29) is 5.82 Å². The number of nitrogens with two attached hydrogens (primary N) is 1.